The number of aryl methyl sites for hydroxylation is 1. The fourth-order valence-corrected chi connectivity index (χ4v) is 4.63. The van der Waals surface area contributed by atoms with E-state index in [1.54, 1.807) is 0 Å². The quantitative estimate of drug-likeness (QED) is 0.797. The van der Waals surface area contributed by atoms with E-state index < -0.39 is 0 Å². The van der Waals surface area contributed by atoms with Crippen molar-refractivity contribution in [2.24, 2.45) is 0 Å². The van der Waals surface area contributed by atoms with Crippen LogP contribution in [0.4, 0.5) is 0 Å². The summed E-state index contributed by atoms with van der Waals surface area (Å²) in [5.74, 6) is 0.455. The molecule has 1 nitrogen and oxygen atoms in total. The summed E-state index contributed by atoms with van der Waals surface area (Å²) in [4.78, 5) is 0.176. The molecule has 0 heterocycles. The number of halogens is 1. The second-order valence-corrected chi connectivity index (χ2v) is 6.52. The van der Waals surface area contributed by atoms with Gasteiger partial charge in [-0.3, -0.25) is 0 Å². The average molecular weight is 325 g/mol. The van der Waals surface area contributed by atoms with Gasteiger partial charge in [0.05, 0.1) is 10.9 Å². The first-order chi connectivity index (χ1) is 9.10. The molecular weight excluding hydrogens is 300 g/mol. The molecule has 1 aromatic carbocycles. The van der Waals surface area contributed by atoms with Crippen molar-refractivity contribution in [2.75, 3.05) is 0 Å². The number of alkyl halides is 1. The number of fused-ring (bicyclic) bond motifs is 1. The molecule has 2 rings (SSSR count). The Morgan fingerprint density at radius 2 is 1.68 bits per heavy atom. The van der Waals surface area contributed by atoms with Crippen LogP contribution >= 0.6 is 15.9 Å². The van der Waals surface area contributed by atoms with E-state index in [0.29, 0.717) is 5.92 Å². The lowest BCUT2D eigenvalue weighted by Gasteiger charge is -2.20. The van der Waals surface area contributed by atoms with Gasteiger partial charge in [0.2, 0.25) is 0 Å². The fourth-order valence-electron chi connectivity index (χ4n) is 3.71. The molecule has 0 radical (unpaired) electrons. The molecule has 1 aromatic rings. The molecule has 1 aliphatic carbocycles. The highest BCUT2D eigenvalue weighted by Gasteiger charge is 2.39. The van der Waals surface area contributed by atoms with Crippen LogP contribution in [0.1, 0.15) is 74.0 Å². The van der Waals surface area contributed by atoms with Gasteiger partial charge in [0, 0.05) is 0 Å². The summed E-state index contributed by atoms with van der Waals surface area (Å²) in [6, 6.07) is 2.27. The lowest BCUT2D eigenvalue weighted by atomic mass is 9.85. The lowest BCUT2D eigenvalue weighted by molar-refractivity contribution is 0.181. The van der Waals surface area contributed by atoms with Crippen molar-refractivity contribution >= 4 is 15.9 Å². The molecule has 2 heteroatoms. The SMILES string of the molecule is CCc1cc2c(c(CC)c1CC)[C@H](CC)[C@@H](Br)[C@@H]2O. The molecule has 0 aliphatic heterocycles. The monoisotopic (exact) mass is 324 g/mol. The molecule has 0 fully saturated rings. The highest BCUT2D eigenvalue weighted by molar-refractivity contribution is 9.09. The van der Waals surface area contributed by atoms with Gasteiger partial charge in [-0.1, -0.05) is 49.7 Å². The van der Waals surface area contributed by atoms with E-state index in [9.17, 15) is 5.11 Å². The zero-order chi connectivity index (χ0) is 14.2. The molecule has 1 aliphatic rings. The Balaban J connectivity index is 2.71. The van der Waals surface area contributed by atoms with E-state index in [4.69, 9.17) is 0 Å². The molecule has 0 bridgehead atoms. The van der Waals surface area contributed by atoms with Gasteiger partial charge in [0.1, 0.15) is 0 Å². The molecule has 0 aromatic heterocycles. The molecule has 1 N–H and O–H groups in total. The van der Waals surface area contributed by atoms with Gasteiger partial charge in [0.25, 0.3) is 0 Å². The van der Waals surface area contributed by atoms with Crippen molar-refractivity contribution < 1.29 is 5.11 Å². The van der Waals surface area contributed by atoms with Crippen LogP contribution in [-0.4, -0.2) is 9.93 Å². The van der Waals surface area contributed by atoms with Gasteiger partial charge >= 0.3 is 0 Å². The molecule has 0 saturated carbocycles. The second-order valence-electron chi connectivity index (χ2n) is 5.46. The Bertz CT molecular complexity index is 467. The summed E-state index contributed by atoms with van der Waals surface area (Å²) in [5, 5.41) is 10.5. The molecular formula is C17H25BrO. The van der Waals surface area contributed by atoms with E-state index in [0.717, 1.165) is 25.7 Å². The van der Waals surface area contributed by atoms with Gasteiger partial charge in [-0.2, -0.15) is 0 Å². The number of aliphatic hydroxyl groups is 1. The van der Waals surface area contributed by atoms with Crippen LogP contribution in [0, 0.1) is 0 Å². The van der Waals surface area contributed by atoms with Crippen LogP contribution in [0.15, 0.2) is 6.07 Å². The standard InChI is InChI=1S/C17H25BrO/c1-5-10-9-14-15(12(7-3)11(10)6-2)13(8-4)16(18)17(14)19/h9,13,16-17,19H,5-8H2,1-4H3/t13-,16+,17+/m0/s1. The summed E-state index contributed by atoms with van der Waals surface area (Å²) in [7, 11) is 0. The summed E-state index contributed by atoms with van der Waals surface area (Å²) < 4.78 is 0. The first-order valence-corrected chi connectivity index (χ1v) is 8.51. The van der Waals surface area contributed by atoms with E-state index in [1.807, 2.05) is 0 Å². The topological polar surface area (TPSA) is 20.2 Å². The average Bonchev–Trinajstić information content (AvgIpc) is 2.68. The molecule has 0 spiro atoms. The van der Waals surface area contributed by atoms with E-state index in [1.165, 1.54) is 27.8 Å². The fraction of sp³-hybridized carbons (Fsp3) is 0.647. The summed E-state index contributed by atoms with van der Waals surface area (Å²) in [6.45, 7) is 8.93. The van der Waals surface area contributed by atoms with Crippen LogP contribution in [0.2, 0.25) is 0 Å². The minimum Gasteiger partial charge on any atom is -0.387 e. The molecule has 0 amide bonds. The maximum absolute atomic E-state index is 10.5. The summed E-state index contributed by atoms with van der Waals surface area (Å²) >= 11 is 3.72. The van der Waals surface area contributed by atoms with Gasteiger partial charge < -0.3 is 5.11 Å². The molecule has 106 valence electrons. The zero-order valence-electron chi connectivity index (χ0n) is 12.5. The van der Waals surface area contributed by atoms with Crippen molar-refractivity contribution in [2.45, 2.75) is 70.2 Å². The van der Waals surface area contributed by atoms with Crippen LogP contribution in [-0.2, 0) is 19.3 Å². The van der Waals surface area contributed by atoms with E-state index in [2.05, 4.69) is 49.7 Å². The van der Waals surface area contributed by atoms with Gasteiger partial charge in [-0.05, 0) is 59.4 Å². The number of hydrogen-bond acceptors (Lipinski definition) is 1. The second kappa shape index (κ2) is 5.97. The Hall–Kier alpha value is -0.340. The number of hydrogen-bond donors (Lipinski definition) is 1. The molecule has 19 heavy (non-hydrogen) atoms. The van der Waals surface area contributed by atoms with Gasteiger partial charge in [-0.15, -0.1) is 0 Å². The Labute approximate surface area is 125 Å². The lowest BCUT2D eigenvalue weighted by Crippen LogP contribution is -2.10. The maximum Gasteiger partial charge on any atom is 0.0923 e. The zero-order valence-corrected chi connectivity index (χ0v) is 14.0. The Kier molecular flexibility index (Phi) is 4.73. The van der Waals surface area contributed by atoms with Crippen molar-refractivity contribution in [3.63, 3.8) is 0 Å². The van der Waals surface area contributed by atoms with Crippen molar-refractivity contribution in [1.29, 1.82) is 0 Å². The predicted molar refractivity (Wildman–Crippen MR) is 85.3 cm³/mol. The molecule has 3 atom stereocenters. The first kappa shape index (κ1) is 15.1. The van der Waals surface area contributed by atoms with Gasteiger partial charge in [-0.25, -0.2) is 0 Å². The third kappa shape index (κ3) is 2.27. The number of rotatable bonds is 4. The largest absolute Gasteiger partial charge is 0.387 e. The van der Waals surface area contributed by atoms with E-state index in [-0.39, 0.29) is 10.9 Å². The Morgan fingerprint density at radius 1 is 1.05 bits per heavy atom. The number of aliphatic hydroxyl groups excluding tert-OH is 1. The normalized spacial score (nSPS) is 25.7. The van der Waals surface area contributed by atoms with Crippen LogP contribution in [0.5, 0.6) is 0 Å². The van der Waals surface area contributed by atoms with Crippen molar-refractivity contribution in [3.8, 4) is 0 Å². The van der Waals surface area contributed by atoms with Crippen molar-refractivity contribution in [1.82, 2.24) is 0 Å². The third-order valence-electron chi connectivity index (χ3n) is 4.62. The maximum atomic E-state index is 10.5. The minimum atomic E-state index is -0.346. The number of benzene rings is 1. The molecule has 0 saturated heterocycles. The van der Waals surface area contributed by atoms with Crippen molar-refractivity contribution in [3.05, 3.63) is 33.9 Å². The van der Waals surface area contributed by atoms with Gasteiger partial charge in [0.15, 0.2) is 0 Å². The third-order valence-corrected chi connectivity index (χ3v) is 5.76. The highest BCUT2D eigenvalue weighted by atomic mass is 79.9. The van der Waals surface area contributed by atoms with Crippen LogP contribution in [0.25, 0.3) is 0 Å². The smallest absolute Gasteiger partial charge is 0.0923 e. The Morgan fingerprint density at radius 3 is 2.16 bits per heavy atom. The minimum absolute atomic E-state index is 0.176. The predicted octanol–water partition coefficient (Wildman–Crippen LogP) is 4.68. The highest BCUT2D eigenvalue weighted by Crippen LogP contribution is 2.49. The molecule has 0 unspecified atom stereocenters. The summed E-state index contributed by atoms with van der Waals surface area (Å²) in [6.07, 6.45) is 3.96. The van der Waals surface area contributed by atoms with Crippen LogP contribution in [0.3, 0.4) is 0 Å². The first-order valence-electron chi connectivity index (χ1n) is 7.60. The summed E-state index contributed by atoms with van der Waals surface area (Å²) in [5.41, 5.74) is 7.07. The van der Waals surface area contributed by atoms with Crippen LogP contribution < -0.4 is 0 Å². The van der Waals surface area contributed by atoms with E-state index >= 15 is 0 Å².